The summed E-state index contributed by atoms with van der Waals surface area (Å²) in [5.74, 6) is 0.0901. The quantitative estimate of drug-likeness (QED) is 0.628. The number of aromatic nitrogens is 1. The second kappa shape index (κ2) is 10.5. The van der Waals surface area contributed by atoms with E-state index in [0.29, 0.717) is 38.9 Å². The van der Waals surface area contributed by atoms with Crippen molar-refractivity contribution in [2.24, 2.45) is 0 Å². The van der Waals surface area contributed by atoms with Crippen LogP contribution < -0.4 is 10.1 Å². The normalized spacial score (nSPS) is 10.8. The van der Waals surface area contributed by atoms with Crippen LogP contribution in [0.25, 0.3) is 0 Å². The van der Waals surface area contributed by atoms with E-state index in [1.807, 2.05) is 0 Å². The first kappa shape index (κ1) is 16.8. The van der Waals surface area contributed by atoms with Gasteiger partial charge in [-0.1, -0.05) is 6.92 Å². The third-order valence-corrected chi connectivity index (χ3v) is 2.53. The van der Waals surface area contributed by atoms with Gasteiger partial charge in [-0.25, -0.2) is 9.37 Å². The maximum Gasteiger partial charge on any atom is 0.218 e. The maximum absolute atomic E-state index is 13.2. The predicted molar refractivity (Wildman–Crippen MR) is 74.4 cm³/mol. The molecular weight excluding hydrogens is 263 g/mol. The van der Waals surface area contributed by atoms with E-state index in [1.54, 1.807) is 7.11 Å². The Hall–Kier alpha value is -1.24. The molecule has 0 aliphatic carbocycles. The molecule has 0 aliphatic rings. The first-order chi connectivity index (χ1) is 9.77. The van der Waals surface area contributed by atoms with Crippen LogP contribution in [0.15, 0.2) is 12.3 Å². The average Bonchev–Trinajstić information content (AvgIpc) is 2.45. The topological polar surface area (TPSA) is 52.6 Å². The molecule has 114 valence electrons. The highest BCUT2D eigenvalue weighted by Crippen LogP contribution is 2.15. The summed E-state index contributed by atoms with van der Waals surface area (Å²) >= 11 is 0. The van der Waals surface area contributed by atoms with Crippen LogP contribution in [0.1, 0.15) is 18.9 Å². The van der Waals surface area contributed by atoms with Crippen LogP contribution >= 0.6 is 0 Å². The molecule has 1 aromatic rings. The van der Waals surface area contributed by atoms with Gasteiger partial charge in [0.05, 0.1) is 26.0 Å². The summed E-state index contributed by atoms with van der Waals surface area (Å²) in [5, 5.41) is 3.20. The minimum absolute atomic E-state index is 0.359. The monoisotopic (exact) mass is 286 g/mol. The standard InChI is InChI=1S/C14H23FN2O3/c1-3-4-16-10-12-9-13(15)11-17-14(12)20-8-7-19-6-5-18-2/h9,11,16H,3-8,10H2,1-2H3. The lowest BCUT2D eigenvalue weighted by atomic mass is 10.2. The second-order valence-electron chi connectivity index (χ2n) is 4.25. The molecule has 0 unspecified atom stereocenters. The Morgan fingerprint density at radius 2 is 2.05 bits per heavy atom. The molecule has 5 nitrogen and oxygen atoms in total. The van der Waals surface area contributed by atoms with E-state index in [0.717, 1.165) is 24.7 Å². The van der Waals surface area contributed by atoms with E-state index in [-0.39, 0.29) is 5.82 Å². The Morgan fingerprint density at radius 3 is 2.80 bits per heavy atom. The summed E-state index contributed by atoms with van der Waals surface area (Å²) in [4.78, 5) is 3.97. The van der Waals surface area contributed by atoms with E-state index in [9.17, 15) is 4.39 Å². The number of hydrogen-bond acceptors (Lipinski definition) is 5. The molecule has 1 aromatic heterocycles. The predicted octanol–water partition coefficient (Wildman–Crippen LogP) is 1.76. The number of hydrogen-bond donors (Lipinski definition) is 1. The molecule has 1 N–H and O–H groups in total. The summed E-state index contributed by atoms with van der Waals surface area (Å²) in [6.07, 6.45) is 2.18. The highest BCUT2D eigenvalue weighted by molar-refractivity contribution is 5.26. The smallest absolute Gasteiger partial charge is 0.218 e. The van der Waals surface area contributed by atoms with Gasteiger partial charge in [-0.15, -0.1) is 0 Å². The zero-order valence-corrected chi connectivity index (χ0v) is 12.2. The molecule has 20 heavy (non-hydrogen) atoms. The van der Waals surface area contributed by atoms with Crippen LogP contribution in [0.3, 0.4) is 0 Å². The van der Waals surface area contributed by atoms with Gasteiger partial charge in [-0.2, -0.15) is 0 Å². The zero-order chi connectivity index (χ0) is 14.6. The van der Waals surface area contributed by atoms with Gasteiger partial charge in [-0.05, 0) is 19.0 Å². The van der Waals surface area contributed by atoms with Crippen molar-refractivity contribution in [2.45, 2.75) is 19.9 Å². The van der Waals surface area contributed by atoms with Crippen molar-refractivity contribution < 1.29 is 18.6 Å². The zero-order valence-electron chi connectivity index (χ0n) is 12.2. The molecule has 0 spiro atoms. The van der Waals surface area contributed by atoms with Gasteiger partial charge < -0.3 is 19.5 Å². The highest BCUT2D eigenvalue weighted by atomic mass is 19.1. The van der Waals surface area contributed by atoms with E-state index in [1.165, 1.54) is 6.07 Å². The van der Waals surface area contributed by atoms with E-state index >= 15 is 0 Å². The third kappa shape index (κ3) is 6.79. The summed E-state index contributed by atoms with van der Waals surface area (Å²) in [6.45, 7) is 5.40. The Morgan fingerprint density at radius 1 is 1.25 bits per heavy atom. The van der Waals surface area contributed by atoms with E-state index < -0.39 is 0 Å². The number of pyridine rings is 1. The molecule has 0 saturated carbocycles. The van der Waals surface area contributed by atoms with E-state index in [4.69, 9.17) is 14.2 Å². The van der Waals surface area contributed by atoms with Crippen LogP contribution in [-0.2, 0) is 16.0 Å². The fraction of sp³-hybridized carbons (Fsp3) is 0.643. The lowest BCUT2D eigenvalue weighted by molar-refractivity contribution is 0.0534. The number of methoxy groups -OCH3 is 1. The largest absolute Gasteiger partial charge is 0.475 e. The van der Waals surface area contributed by atoms with Crippen molar-refractivity contribution in [2.75, 3.05) is 40.1 Å². The van der Waals surface area contributed by atoms with Gasteiger partial charge in [0.2, 0.25) is 5.88 Å². The minimum atomic E-state index is -0.359. The van der Waals surface area contributed by atoms with Gasteiger partial charge in [0.25, 0.3) is 0 Å². The lowest BCUT2D eigenvalue weighted by Crippen LogP contribution is -2.16. The summed E-state index contributed by atoms with van der Waals surface area (Å²) in [6, 6.07) is 1.44. The number of nitrogens with zero attached hydrogens (tertiary/aromatic N) is 1. The van der Waals surface area contributed by atoms with Crippen LogP contribution in [0.5, 0.6) is 5.88 Å². The van der Waals surface area contributed by atoms with Crippen molar-refractivity contribution >= 4 is 0 Å². The number of rotatable bonds is 11. The number of ether oxygens (including phenoxy) is 3. The SMILES string of the molecule is CCCNCc1cc(F)cnc1OCCOCCOC. The van der Waals surface area contributed by atoms with Crippen molar-refractivity contribution in [1.82, 2.24) is 10.3 Å². The number of nitrogens with one attached hydrogen (secondary N) is 1. The summed E-state index contributed by atoms with van der Waals surface area (Å²) in [7, 11) is 1.62. The first-order valence-corrected chi connectivity index (χ1v) is 6.82. The molecular formula is C14H23FN2O3. The molecule has 0 aliphatic heterocycles. The molecule has 0 bridgehead atoms. The molecule has 1 rings (SSSR count). The molecule has 0 radical (unpaired) electrons. The average molecular weight is 286 g/mol. The maximum atomic E-state index is 13.2. The van der Waals surface area contributed by atoms with Gasteiger partial charge in [-0.3, -0.25) is 0 Å². The van der Waals surface area contributed by atoms with Gasteiger partial charge in [0.1, 0.15) is 12.4 Å². The lowest BCUT2D eigenvalue weighted by Gasteiger charge is -2.11. The van der Waals surface area contributed by atoms with Gasteiger partial charge in [0, 0.05) is 19.2 Å². The molecule has 0 fully saturated rings. The van der Waals surface area contributed by atoms with Crippen LogP contribution in [-0.4, -0.2) is 45.1 Å². The molecule has 0 amide bonds. The van der Waals surface area contributed by atoms with Gasteiger partial charge in [0.15, 0.2) is 0 Å². The highest BCUT2D eigenvalue weighted by Gasteiger charge is 2.07. The molecule has 0 saturated heterocycles. The summed E-state index contributed by atoms with van der Waals surface area (Å²) < 4.78 is 28.9. The fourth-order valence-corrected chi connectivity index (χ4v) is 1.57. The second-order valence-corrected chi connectivity index (χ2v) is 4.25. The number of halogens is 1. The Labute approximate surface area is 119 Å². The van der Waals surface area contributed by atoms with Crippen molar-refractivity contribution in [3.8, 4) is 5.88 Å². The van der Waals surface area contributed by atoms with E-state index in [2.05, 4.69) is 17.2 Å². The fourth-order valence-electron chi connectivity index (χ4n) is 1.57. The molecule has 6 heteroatoms. The van der Waals surface area contributed by atoms with Crippen molar-refractivity contribution in [3.63, 3.8) is 0 Å². The summed E-state index contributed by atoms with van der Waals surface area (Å²) in [5.41, 5.74) is 0.718. The van der Waals surface area contributed by atoms with Crippen molar-refractivity contribution in [1.29, 1.82) is 0 Å². The molecule has 0 atom stereocenters. The van der Waals surface area contributed by atoms with Crippen LogP contribution in [0.2, 0.25) is 0 Å². The Balaban J connectivity index is 2.38. The van der Waals surface area contributed by atoms with Crippen LogP contribution in [0.4, 0.5) is 4.39 Å². The van der Waals surface area contributed by atoms with Gasteiger partial charge >= 0.3 is 0 Å². The Bertz CT molecular complexity index is 377. The van der Waals surface area contributed by atoms with Crippen molar-refractivity contribution in [3.05, 3.63) is 23.6 Å². The Kier molecular flexibility index (Phi) is 8.86. The minimum Gasteiger partial charge on any atom is -0.475 e. The first-order valence-electron chi connectivity index (χ1n) is 6.82. The molecule has 1 heterocycles. The molecule has 0 aromatic carbocycles. The third-order valence-electron chi connectivity index (χ3n) is 2.53. The van der Waals surface area contributed by atoms with Crippen LogP contribution in [0, 0.1) is 5.82 Å².